The lowest BCUT2D eigenvalue weighted by Crippen LogP contribution is -2.34. The van der Waals surface area contributed by atoms with Gasteiger partial charge in [0, 0.05) is 24.3 Å². The SMILES string of the molecule is FC(F)(F)Oc1ccc(-n2cc(CNC3CCC3)cn2)cc1. The van der Waals surface area contributed by atoms with Crippen molar-refractivity contribution in [2.75, 3.05) is 0 Å². The maximum absolute atomic E-state index is 12.1. The zero-order valence-corrected chi connectivity index (χ0v) is 11.8. The summed E-state index contributed by atoms with van der Waals surface area (Å²) in [6.07, 6.45) is 2.66. The Morgan fingerprint density at radius 2 is 1.95 bits per heavy atom. The molecule has 0 spiro atoms. The number of halogens is 3. The van der Waals surface area contributed by atoms with Gasteiger partial charge in [-0.2, -0.15) is 5.10 Å². The van der Waals surface area contributed by atoms with Crippen LogP contribution >= 0.6 is 0 Å². The second kappa shape index (κ2) is 6.00. The van der Waals surface area contributed by atoms with Crippen LogP contribution in [0, 0.1) is 0 Å². The minimum absolute atomic E-state index is 0.240. The summed E-state index contributed by atoms with van der Waals surface area (Å²) in [5.41, 5.74) is 1.73. The Labute approximate surface area is 125 Å². The molecule has 7 heteroatoms. The van der Waals surface area contributed by atoms with Gasteiger partial charge < -0.3 is 10.1 Å². The van der Waals surface area contributed by atoms with Crippen molar-refractivity contribution >= 4 is 0 Å². The van der Waals surface area contributed by atoms with Gasteiger partial charge in [-0.1, -0.05) is 6.42 Å². The van der Waals surface area contributed by atoms with Gasteiger partial charge in [0.05, 0.1) is 11.9 Å². The van der Waals surface area contributed by atoms with Crippen LogP contribution < -0.4 is 10.1 Å². The molecular formula is C15H16F3N3O. The van der Waals surface area contributed by atoms with Crippen LogP contribution in [0.15, 0.2) is 36.7 Å². The predicted octanol–water partition coefficient (Wildman–Crippen LogP) is 3.41. The molecule has 1 heterocycles. The maximum atomic E-state index is 12.1. The van der Waals surface area contributed by atoms with Gasteiger partial charge in [0.15, 0.2) is 0 Å². The summed E-state index contributed by atoms with van der Waals surface area (Å²) in [6.45, 7) is 0.750. The van der Waals surface area contributed by atoms with Gasteiger partial charge in [-0.05, 0) is 37.1 Å². The first-order chi connectivity index (χ1) is 10.5. The molecule has 1 N–H and O–H groups in total. The van der Waals surface area contributed by atoms with Crippen molar-refractivity contribution in [2.24, 2.45) is 0 Å². The summed E-state index contributed by atoms with van der Waals surface area (Å²) in [5.74, 6) is -0.240. The van der Waals surface area contributed by atoms with Gasteiger partial charge >= 0.3 is 6.36 Å². The summed E-state index contributed by atoms with van der Waals surface area (Å²) in [4.78, 5) is 0. The number of hydrogen-bond acceptors (Lipinski definition) is 3. The molecule has 1 aromatic heterocycles. The van der Waals surface area contributed by atoms with Crippen molar-refractivity contribution in [1.29, 1.82) is 0 Å². The van der Waals surface area contributed by atoms with E-state index in [2.05, 4.69) is 15.2 Å². The Balaban J connectivity index is 1.62. The summed E-state index contributed by atoms with van der Waals surface area (Å²) in [5, 5.41) is 7.66. The van der Waals surface area contributed by atoms with Crippen LogP contribution in [0.1, 0.15) is 24.8 Å². The minimum atomic E-state index is -4.67. The molecule has 1 aliphatic rings. The van der Waals surface area contributed by atoms with Gasteiger partial charge in [0.25, 0.3) is 0 Å². The van der Waals surface area contributed by atoms with Crippen LogP contribution in [0.4, 0.5) is 13.2 Å². The fourth-order valence-corrected chi connectivity index (χ4v) is 2.27. The third-order valence-corrected chi connectivity index (χ3v) is 3.67. The molecule has 0 radical (unpaired) electrons. The molecule has 22 heavy (non-hydrogen) atoms. The lowest BCUT2D eigenvalue weighted by Gasteiger charge is -2.26. The summed E-state index contributed by atoms with van der Waals surface area (Å²) in [7, 11) is 0. The second-order valence-corrected chi connectivity index (χ2v) is 5.34. The third kappa shape index (κ3) is 3.79. The molecule has 2 aromatic rings. The molecule has 1 saturated carbocycles. The average Bonchev–Trinajstić information content (AvgIpc) is 2.85. The summed E-state index contributed by atoms with van der Waals surface area (Å²) < 4.78 is 41.8. The standard InChI is InChI=1S/C15H16F3N3O/c16-15(17,18)22-14-6-4-13(5-7-14)21-10-11(9-20-21)8-19-12-2-1-3-12/h4-7,9-10,12,19H,1-3,8H2. The van der Waals surface area contributed by atoms with Crippen LogP contribution in [-0.4, -0.2) is 22.2 Å². The Kier molecular flexibility index (Phi) is 4.06. The lowest BCUT2D eigenvalue weighted by molar-refractivity contribution is -0.274. The fourth-order valence-electron chi connectivity index (χ4n) is 2.27. The van der Waals surface area contributed by atoms with Gasteiger partial charge in [0.1, 0.15) is 5.75 Å². The quantitative estimate of drug-likeness (QED) is 0.919. The van der Waals surface area contributed by atoms with E-state index < -0.39 is 6.36 Å². The normalized spacial score (nSPS) is 15.6. The zero-order valence-electron chi connectivity index (χ0n) is 11.8. The predicted molar refractivity (Wildman–Crippen MR) is 74.7 cm³/mol. The van der Waals surface area contributed by atoms with E-state index in [1.165, 1.54) is 43.5 Å². The highest BCUT2D eigenvalue weighted by Gasteiger charge is 2.30. The molecule has 0 amide bonds. The van der Waals surface area contributed by atoms with Gasteiger partial charge in [-0.3, -0.25) is 0 Å². The molecule has 3 rings (SSSR count). The van der Waals surface area contributed by atoms with Crippen LogP contribution in [-0.2, 0) is 6.54 Å². The van der Waals surface area contributed by atoms with E-state index in [1.54, 1.807) is 10.9 Å². The number of aromatic nitrogens is 2. The number of hydrogen-bond donors (Lipinski definition) is 1. The molecule has 0 atom stereocenters. The topological polar surface area (TPSA) is 39.1 Å². The van der Waals surface area contributed by atoms with Crippen LogP contribution in [0.25, 0.3) is 5.69 Å². The highest BCUT2D eigenvalue weighted by Crippen LogP contribution is 2.23. The van der Waals surface area contributed by atoms with E-state index >= 15 is 0 Å². The fraction of sp³-hybridized carbons (Fsp3) is 0.400. The van der Waals surface area contributed by atoms with Crippen molar-refractivity contribution in [1.82, 2.24) is 15.1 Å². The molecule has 1 aromatic carbocycles. The largest absolute Gasteiger partial charge is 0.573 e. The molecule has 1 fully saturated rings. The number of benzene rings is 1. The van der Waals surface area contributed by atoms with Crippen LogP contribution in [0.3, 0.4) is 0 Å². The molecule has 0 unspecified atom stereocenters. The van der Waals surface area contributed by atoms with Crippen LogP contribution in [0.5, 0.6) is 5.75 Å². The molecule has 4 nitrogen and oxygen atoms in total. The average molecular weight is 311 g/mol. The third-order valence-electron chi connectivity index (χ3n) is 3.67. The highest BCUT2D eigenvalue weighted by atomic mass is 19.4. The molecule has 0 aliphatic heterocycles. The number of nitrogens with one attached hydrogen (secondary N) is 1. The van der Waals surface area contributed by atoms with Gasteiger partial charge in [0.2, 0.25) is 0 Å². The van der Waals surface area contributed by atoms with Crippen molar-refractivity contribution in [3.63, 3.8) is 0 Å². The Bertz CT molecular complexity index is 618. The smallest absolute Gasteiger partial charge is 0.406 e. The van der Waals surface area contributed by atoms with Crippen molar-refractivity contribution in [3.05, 3.63) is 42.2 Å². The van der Waals surface area contributed by atoms with E-state index in [9.17, 15) is 13.2 Å². The zero-order chi connectivity index (χ0) is 15.6. The molecular weight excluding hydrogens is 295 g/mol. The van der Waals surface area contributed by atoms with E-state index in [-0.39, 0.29) is 5.75 Å². The number of rotatable bonds is 5. The number of ether oxygens (including phenoxy) is 1. The lowest BCUT2D eigenvalue weighted by atomic mass is 9.93. The Hall–Kier alpha value is -2.02. The van der Waals surface area contributed by atoms with E-state index in [0.29, 0.717) is 11.7 Å². The highest BCUT2D eigenvalue weighted by molar-refractivity contribution is 5.37. The monoisotopic (exact) mass is 311 g/mol. The van der Waals surface area contributed by atoms with Crippen LogP contribution in [0.2, 0.25) is 0 Å². The van der Waals surface area contributed by atoms with E-state index in [1.807, 2.05) is 6.20 Å². The van der Waals surface area contributed by atoms with Crippen molar-refractivity contribution in [2.45, 2.75) is 38.2 Å². The Morgan fingerprint density at radius 3 is 2.55 bits per heavy atom. The van der Waals surface area contributed by atoms with E-state index in [0.717, 1.165) is 12.1 Å². The van der Waals surface area contributed by atoms with Gasteiger partial charge in [-0.25, -0.2) is 4.68 Å². The minimum Gasteiger partial charge on any atom is -0.406 e. The second-order valence-electron chi connectivity index (χ2n) is 5.34. The maximum Gasteiger partial charge on any atom is 0.573 e. The first-order valence-electron chi connectivity index (χ1n) is 7.13. The first kappa shape index (κ1) is 14.9. The molecule has 0 saturated heterocycles. The summed E-state index contributed by atoms with van der Waals surface area (Å²) in [6, 6.07) is 6.23. The summed E-state index contributed by atoms with van der Waals surface area (Å²) >= 11 is 0. The number of alkyl halides is 3. The molecule has 1 aliphatic carbocycles. The number of nitrogens with zero attached hydrogens (tertiary/aromatic N) is 2. The van der Waals surface area contributed by atoms with Crippen molar-refractivity contribution < 1.29 is 17.9 Å². The first-order valence-corrected chi connectivity index (χ1v) is 7.13. The molecule has 0 bridgehead atoms. The molecule has 118 valence electrons. The van der Waals surface area contributed by atoms with Crippen molar-refractivity contribution in [3.8, 4) is 11.4 Å². The Morgan fingerprint density at radius 1 is 1.23 bits per heavy atom. The van der Waals surface area contributed by atoms with E-state index in [4.69, 9.17) is 0 Å². The van der Waals surface area contributed by atoms with Gasteiger partial charge in [-0.15, -0.1) is 13.2 Å².